The number of Topliss-reactive ketones (excluding diaryl/α,β-unsaturated/α-hetero) is 1. The van der Waals surface area contributed by atoms with E-state index in [0.717, 1.165) is 25.7 Å². The van der Waals surface area contributed by atoms with Gasteiger partial charge in [-0.3, -0.25) is 19.3 Å². The van der Waals surface area contributed by atoms with E-state index in [9.17, 15) is 14.4 Å². The number of hydrogen-bond acceptors (Lipinski definition) is 3. The Balaban J connectivity index is 2.46. The third-order valence-corrected chi connectivity index (χ3v) is 3.60. The van der Waals surface area contributed by atoms with Gasteiger partial charge in [0.05, 0.1) is 0 Å². The summed E-state index contributed by atoms with van der Waals surface area (Å²) in [6.45, 7) is 3.86. The summed E-state index contributed by atoms with van der Waals surface area (Å²) >= 11 is 0. The maximum Gasteiger partial charge on any atom is 0.252 e. The summed E-state index contributed by atoms with van der Waals surface area (Å²) in [6, 6.07) is 0. The molecule has 4 nitrogen and oxygen atoms in total. The van der Waals surface area contributed by atoms with Crippen LogP contribution in [0.5, 0.6) is 0 Å². The Morgan fingerprint density at radius 3 is 2.28 bits per heavy atom. The second kappa shape index (κ2) is 7.09. The number of ketones is 1. The second-order valence-electron chi connectivity index (χ2n) is 4.92. The summed E-state index contributed by atoms with van der Waals surface area (Å²) in [5.41, 5.74) is 0. The minimum Gasteiger partial charge on any atom is -0.300 e. The Morgan fingerprint density at radius 1 is 1.22 bits per heavy atom. The third-order valence-electron chi connectivity index (χ3n) is 3.60. The summed E-state index contributed by atoms with van der Waals surface area (Å²) in [4.78, 5) is 34.9. The molecule has 0 atom stereocenters. The molecule has 0 aromatic rings. The highest BCUT2D eigenvalue weighted by Crippen LogP contribution is 2.29. The Morgan fingerprint density at radius 2 is 1.83 bits per heavy atom. The lowest BCUT2D eigenvalue weighted by molar-refractivity contribution is -0.135. The van der Waals surface area contributed by atoms with Gasteiger partial charge >= 0.3 is 0 Å². The molecule has 2 amide bonds. The normalized spacial score (nSPS) is 23.9. The van der Waals surface area contributed by atoms with E-state index < -0.39 is 0 Å². The lowest BCUT2D eigenvalue weighted by Crippen LogP contribution is -2.35. The molecular formula is C14H21NO3. The largest absolute Gasteiger partial charge is 0.300 e. The van der Waals surface area contributed by atoms with Crippen LogP contribution in [0.4, 0.5) is 0 Å². The van der Waals surface area contributed by atoms with E-state index in [1.807, 2.05) is 0 Å². The molecule has 0 aliphatic heterocycles. The molecule has 100 valence electrons. The molecule has 0 saturated heterocycles. The van der Waals surface area contributed by atoms with Crippen molar-refractivity contribution in [3.63, 3.8) is 0 Å². The molecule has 1 saturated carbocycles. The number of allylic oxidation sites excluding steroid dienone is 1. The average Bonchev–Trinajstić information content (AvgIpc) is 2.36. The van der Waals surface area contributed by atoms with Crippen molar-refractivity contribution >= 4 is 18.1 Å². The van der Waals surface area contributed by atoms with Gasteiger partial charge in [-0.05, 0) is 51.5 Å². The van der Waals surface area contributed by atoms with Crippen LogP contribution in [0.25, 0.3) is 0 Å². The molecule has 4 heteroatoms. The lowest BCUT2D eigenvalue weighted by atomic mass is 9.80. The fraction of sp³-hybridized carbons (Fsp3) is 0.643. The Kier molecular flexibility index (Phi) is 5.75. The van der Waals surface area contributed by atoms with E-state index >= 15 is 0 Å². The predicted molar refractivity (Wildman–Crippen MR) is 68.7 cm³/mol. The lowest BCUT2D eigenvalue weighted by Gasteiger charge is -2.29. The minimum absolute atomic E-state index is 0.178. The number of rotatable bonds is 5. The molecule has 0 N–H and O–H groups in total. The smallest absolute Gasteiger partial charge is 0.252 e. The number of nitrogens with zero attached hydrogens (tertiary/aromatic N) is 1. The molecular weight excluding hydrogens is 230 g/mol. The van der Waals surface area contributed by atoms with Crippen LogP contribution in [0.15, 0.2) is 12.2 Å². The van der Waals surface area contributed by atoms with Crippen molar-refractivity contribution < 1.29 is 14.4 Å². The van der Waals surface area contributed by atoms with E-state index in [4.69, 9.17) is 0 Å². The van der Waals surface area contributed by atoms with Gasteiger partial charge in [-0.15, -0.1) is 0 Å². The monoisotopic (exact) mass is 251 g/mol. The summed E-state index contributed by atoms with van der Waals surface area (Å²) in [5, 5.41) is 0. The van der Waals surface area contributed by atoms with Gasteiger partial charge in [-0.25, -0.2) is 0 Å². The highest BCUT2D eigenvalue weighted by molar-refractivity contribution is 5.94. The number of hydrogen-bond donors (Lipinski definition) is 0. The van der Waals surface area contributed by atoms with Crippen LogP contribution in [-0.4, -0.2) is 29.5 Å². The van der Waals surface area contributed by atoms with Crippen LogP contribution in [0, 0.1) is 11.8 Å². The van der Waals surface area contributed by atoms with Crippen molar-refractivity contribution in [1.29, 1.82) is 0 Å². The SMILES string of the molecule is C/C=C\C(=O)N(C=O)CC1CCC(C(C)=O)CC1. The van der Waals surface area contributed by atoms with E-state index in [1.54, 1.807) is 19.9 Å². The van der Waals surface area contributed by atoms with E-state index in [0.29, 0.717) is 18.9 Å². The highest BCUT2D eigenvalue weighted by Gasteiger charge is 2.26. The molecule has 0 heterocycles. The molecule has 18 heavy (non-hydrogen) atoms. The molecule has 0 bridgehead atoms. The van der Waals surface area contributed by atoms with E-state index in [2.05, 4.69) is 0 Å². The summed E-state index contributed by atoms with van der Waals surface area (Å²) in [6.07, 6.45) is 7.21. The van der Waals surface area contributed by atoms with Gasteiger partial charge in [-0.2, -0.15) is 0 Å². The van der Waals surface area contributed by atoms with Gasteiger partial charge in [0.2, 0.25) is 6.41 Å². The van der Waals surface area contributed by atoms with Crippen LogP contribution in [0.1, 0.15) is 39.5 Å². The topological polar surface area (TPSA) is 54.5 Å². The zero-order chi connectivity index (χ0) is 13.5. The molecule has 1 aliphatic rings. The maximum atomic E-state index is 11.6. The third kappa shape index (κ3) is 4.09. The molecule has 0 aromatic heterocycles. The van der Waals surface area contributed by atoms with Crippen molar-refractivity contribution in [2.45, 2.75) is 39.5 Å². The molecule has 0 aromatic carbocycles. The van der Waals surface area contributed by atoms with Gasteiger partial charge < -0.3 is 0 Å². The molecule has 0 spiro atoms. The molecule has 1 aliphatic carbocycles. The Bertz CT molecular complexity index is 341. The van der Waals surface area contributed by atoms with E-state index in [1.165, 1.54) is 11.0 Å². The predicted octanol–water partition coefficient (Wildman–Crippen LogP) is 1.94. The molecule has 0 unspecified atom stereocenters. The van der Waals surface area contributed by atoms with Crippen LogP contribution < -0.4 is 0 Å². The van der Waals surface area contributed by atoms with Crippen LogP contribution in [-0.2, 0) is 14.4 Å². The molecule has 0 radical (unpaired) electrons. The Labute approximate surface area is 108 Å². The standard InChI is InChI=1S/C14H21NO3/c1-3-4-14(18)15(10-16)9-12-5-7-13(8-6-12)11(2)17/h3-4,10,12-13H,5-9H2,1-2H3/b4-3-. The first kappa shape index (κ1) is 14.6. The maximum absolute atomic E-state index is 11.6. The van der Waals surface area contributed by atoms with Crippen molar-refractivity contribution in [3.8, 4) is 0 Å². The van der Waals surface area contributed by atoms with Gasteiger partial charge in [-0.1, -0.05) is 6.08 Å². The van der Waals surface area contributed by atoms with Gasteiger partial charge in [0.15, 0.2) is 0 Å². The van der Waals surface area contributed by atoms with Crippen LogP contribution in [0.3, 0.4) is 0 Å². The highest BCUT2D eigenvalue weighted by atomic mass is 16.2. The van der Waals surface area contributed by atoms with Crippen molar-refractivity contribution in [3.05, 3.63) is 12.2 Å². The van der Waals surface area contributed by atoms with Crippen molar-refractivity contribution in [1.82, 2.24) is 4.90 Å². The van der Waals surface area contributed by atoms with Crippen LogP contribution >= 0.6 is 0 Å². The first-order valence-electron chi connectivity index (χ1n) is 6.47. The summed E-state index contributed by atoms with van der Waals surface area (Å²) in [5.74, 6) is 0.504. The number of amides is 2. The first-order chi connectivity index (χ1) is 8.58. The van der Waals surface area contributed by atoms with Gasteiger partial charge in [0.1, 0.15) is 5.78 Å². The average molecular weight is 251 g/mol. The fourth-order valence-electron chi connectivity index (χ4n) is 2.45. The Hall–Kier alpha value is -1.45. The quantitative estimate of drug-likeness (QED) is 0.554. The summed E-state index contributed by atoms with van der Waals surface area (Å²) < 4.78 is 0. The van der Waals surface area contributed by atoms with E-state index in [-0.39, 0.29) is 17.6 Å². The molecule has 1 fully saturated rings. The van der Waals surface area contributed by atoms with Crippen molar-refractivity contribution in [2.24, 2.45) is 11.8 Å². The molecule has 1 rings (SSSR count). The first-order valence-corrected chi connectivity index (χ1v) is 6.47. The van der Waals surface area contributed by atoms with Crippen LogP contribution in [0.2, 0.25) is 0 Å². The second-order valence-corrected chi connectivity index (χ2v) is 4.92. The number of carbonyl (C=O) groups is 3. The summed E-state index contributed by atoms with van der Waals surface area (Å²) in [7, 11) is 0. The number of imide groups is 1. The van der Waals surface area contributed by atoms with Gasteiger partial charge in [0.25, 0.3) is 5.91 Å². The van der Waals surface area contributed by atoms with Gasteiger partial charge in [0, 0.05) is 12.5 Å². The zero-order valence-corrected chi connectivity index (χ0v) is 11.1. The minimum atomic E-state index is -0.263. The number of carbonyl (C=O) groups excluding carboxylic acids is 3. The zero-order valence-electron chi connectivity index (χ0n) is 11.1. The van der Waals surface area contributed by atoms with Crippen molar-refractivity contribution in [2.75, 3.05) is 6.54 Å². The fourth-order valence-corrected chi connectivity index (χ4v) is 2.45.